The molecule has 0 spiro atoms. The summed E-state index contributed by atoms with van der Waals surface area (Å²) < 4.78 is 18.8. The van der Waals surface area contributed by atoms with E-state index in [1.54, 1.807) is 6.92 Å². The average Bonchev–Trinajstić information content (AvgIpc) is 2.80. The normalized spacial score (nSPS) is 16.9. The number of halogens is 2. The van der Waals surface area contributed by atoms with Gasteiger partial charge in [-0.05, 0) is 24.6 Å². The molecule has 106 valence electrons. The van der Waals surface area contributed by atoms with Crippen molar-refractivity contribution in [1.29, 1.82) is 0 Å². The van der Waals surface area contributed by atoms with Gasteiger partial charge in [0.1, 0.15) is 0 Å². The molecular weight excluding hydrogens is 305 g/mol. The van der Waals surface area contributed by atoms with E-state index in [0.29, 0.717) is 23.1 Å². The Labute approximate surface area is 124 Å². The second-order valence-corrected chi connectivity index (χ2v) is 5.10. The van der Waals surface area contributed by atoms with E-state index >= 15 is 0 Å². The minimum Gasteiger partial charge on any atom is -0.489 e. The van der Waals surface area contributed by atoms with Crippen LogP contribution in [0.15, 0.2) is 22.3 Å². The van der Waals surface area contributed by atoms with Crippen molar-refractivity contribution in [2.45, 2.75) is 6.92 Å². The van der Waals surface area contributed by atoms with Crippen LogP contribution >= 0.6 is 23.4 Å². The molecule has 1 aromatic carbocycles. The number of nitrogens with one attached hydrogen (secondary N) is 1. The van der Waals surface area contributed by atoms with Crippen molar-refractivity contribution in [2.75, 3.05) is 12.4 Å². The zero-order valence-corrected chi connectivity index (χ0v) is 12.1. The summed E-state index contributed by atoms with van der Waals surface area (Å²) in [4.78, 5) is 10.9. The van der Waals surface area contributed by atoms with Crippen molar-refractivity contribution in [3.63, 3.8) is 0 Å². The number of ether oxygens (including phenoxy) is 1. The number of rotatable bonds is 4. The molecule has 1 heterocycles. The van der Waals surface area contributed by atoms with Crippen LogP contribution in [0.3, 0.4) is 0 Å². The van der Waals surface area contributed by atoms with Crippen molar-refractivity contribution in [1.82, 2.24) is 5.32 Å². The minimum absolute atomic E-state index is 0.0243. The molecule has 2 rings (SSSR count). The van der Waals surface area contributed by atoms with E-state index in [9.17, 15) is 9.18 Å². The third-order valence-electron chi connectivity index (χ3n) is 2.25. The summed E-state index contributed by atoms with van der Waals surface area (Å²) in [6.07, 6.45) is 1.35. The van der Waals surface area contributed by atoms with Crippen LogP contribution < -0.4 is 10.1 Å². The highest BCUT2D eigenvalue weighted by Crippen LogP contribution is 2.28. The SMILES string of the molecule is CCOc1c(F)cc(C=NN=C2NC(=O)CS2)cc1Cl. The standard InChI is InChI=1S/C12H11ClFN3O2S/c1-2-19-11-8(13)3-7(4-9(11)14)5-15-17-12-16-10(18)6-20-12/h3-5H,2,6H2,1H3,(H,16,17,18). The van der Waals surface area contributed by atoms with Gasteiger partial charge in [-0.1, -0.05) is 23.4 Å². The van der Waals surface area contributed by atoms with E-state index in [4.69, 9.17) is 16.3 Å². The smallest absolute Gasteiger partial charge is 0.236 e. The second kappa shape index (κ2) is 6.71. The number of carbonyl (C=O) groups is 1. The van der Waals surface area contributed by atoms with Gasteiger partial charge in [0, 0.05) is 0 Å². The van der Waals surface area contributed by atoms with E-state index < -0.39 is 5.82 Å². The maximum absolute atomic E-state index is 13.7. The van der Waals surface area contributed by atoms with Crippen LogP contribution in [0, 0.1) is 5.82 Å². The molecule has 0 atom stereocenters. The Bertz CT molecular complexity index is 569. The summed E-state index contributed by atoms with van der Waals surface area (Å²) >= 11 is 7.17. The van der Waals surface area contributed by atoms with Crippen LogP contribution in [0.1, 0.15) is 12.5 Å². The summed E-state index contributed by atoms with van der Waals surface area (Å²) in [5.74, 6) is -0.315. The van der Waals surface area contributed by atoms with Gasteiger partial charge in [0.2, 0.25) is 5.91 Å². The Hall–Kier alpha value is -1.60. The quantitative estimate of drug-likeness (QED) is 0.685. The minimum atomic E-state index is -0.558. The third kappa shape index (κ3) is 3.71. The summed E-state index contributed by atoms with van der Waals surface area (Å²) in [6, 6.07) is 2.78. The molecule has 8 heteroatoms. The Kier molecular flexibility index (Phi) is 4.97. The van der Waals surface area contributed by atoms with Crippen molar-refractivity contribution in [2.24, 2.45) is 10.2 Å². The highest BCUT2D eigenvalue weighted by atomic mass is 35.5. The highest BCUT2D eigenvalue weighted by molar-refractivity contribution is 8.15. The molecule has 0 bridgehead atoms. The molecule has 0 saturated carbocycles. The molecule has 5 nitrogen and oxygen atoms in total. The first-order chi connectivity index (χ1) is 9.60. The maximum atomic E-state index is 13.7. The Morgan fingerprint density at radius 3 is 3.00 bits per heavy atom. The van der Waals surface area contributed by atoms with E-state index in [1.165, 1.54) is 30.1 Å². The van der Waals surface area contributed by atoms with Gasteiger partial charge in [-0.15, -0.1) is 5.10 Å². The lowest BCUT2D eigenvalue weighted by Gasteiger charge is -2.07. The molecule has 1 amide bonds. The summed E-state index contributed by atoms with van der Waals surface area (Å²) in [7, 11) is 0. The van der Waals surface area contributed by atoms with Crippen LogP contribution in [0.2, 0.25) is 5.02 Å². The van der Waals surface area contributed by atoms with Gasteiger partial charge >= 0.3 is 0 Å². The monoisotopic (exact) mass is 315 g/mol. The van der Waals surface area contributed by atoms with Crippen LogP contribution in [0.5, 0.6) is 5.75 Å². The molecular formula is C12H11ClFN3O2S. The number of amidine groups is 1. The highest BCUT2D eigenvalue weighted by Gasteiger charge is 2.16. The largest absolute Gasteiger partial charge is 0.489 e. The molecule has 0 unspecified atom stereocenters. The summed E-state index contributed by atoms with van der Waals surface area (Å²) in [6.45, 7) is 2.07. The van der Waals surface area contributed by atoms with E-state index in [1.807, 2.05) is 0 Å². The first-order valence-electron chi connectivity index (χ1n) is 5.75. The predicted molar refractivity (Wildman–Crippen MR) is 78.2 cm³/mol. The van der Waals surface area contributed by atoms with Gasteiger partial charge in [0.05, 0.1) is 23.6 Å². The van der Waals surface area contributed by atoms with Crippen molar-refractivity contribution in [3.8, 4) is 5.75 Å². The fourth-order valence-electron chi connectivity index (χ4n) is 1.46. The number of thioether (sulfide) groups is 1. The zero-order valence-electron chi connectivity index (χ0n) is 10.5. The van der Waals surface area contributed by atoms with Crippen LogP contribution in [0.25, 0.3) is 0 Å². The van der Waals surface area contributed by atoms with Gasteiger partial charge in [-0.25, -0.2) is 4.39 Å². The lowest BCUT2D eigenvalue weighted by atomic mass is 10.2. The number of carbonyl (C=O) groups excluding carboxylic acids is 1. The molecule has 0 aliphatic carbocycles. The number of hydrogen-bond acceptors (Lipinski definition) is 5. The van der Waals surface area contributed by atoms with Gasteiger partial charge < -0.3 is 10.1 Å². The fourth-order valence-corrected chi connectivity index (χ4v) is 2.37. The number of benzene rings is 1. The first kappa shape index (κ1) is 14.8. The van der Waals surface area contributed by atoms with Crippen LogP contribution in [-0.2, 0) is 4.79 Å². The van der Waals surface area contributed by atoms with Crippen molar-refractivity contribution >= 4 is 40.7 Å². The van der Waals surface area contributed by atoms with Gasteiger partial charge in [0.15, 0.2) is 16.7 Å². The summed E-state index contributed by atoms with van der Waals surface area (Å²) in [5, 5.41) is 10.7. The fraction of sp³-hybridized carbons (Fsp3) is 0.250. The van der Waals surface area contributed by atoms with E-state index in [-0.39, 0.29) is 16.7 Å². The topological polar surface area (TPSA) is 63.1 Å². The molecule has 20 heavy (non-hydrogen) atoms. The molecule has 1 fully saturated rings. The van der Waals surface area contributed by atoms with E-state index in [2.05, 4.69) is 15.5 Å². The van der Waals surface area contributed by atoms with Gasteiger partial charge in [-0.3, -0.25) is 4.79 Å². The molecule has 0 radical (unpaired) electrons. The Morgan fingerprint density at radius 1 is 1.60 bits per heavy atom. The van der Waals surface area contributed by atoms with Crippen molar-refractivity contribution < 1.29 is 13.9 Å². The molecule has 0 aromatic heterocycles. The molecule has 1 aliphatic rings. The first-order valence-corrected chi connectivity index (χ1v) is 7.12. The summed E-state index contributed by atoms with van der Waals surface area (Å²) in [5.41, 5.74) is 0.453. The Morgan fingerprint density at radius 2 is 2.40 bits per heavy atom. The molecule has 1 N–H and O–H groups in total. The lowest BCUT2D eigenvalue weighted by Crippen LogP contribution is -2.19. The number of hydrogen-bond donors (Lipinski definition) is 1. The Balaban J connectivity index is 2.12. The van der Waals surface area contributed by atoms with Crippen molar-refractivity contribution in [3.05, 3.63) is 28.5 Å². The lowest BCUT2D eigenvalue weighted by molar-refractivity contribution is -0.116. The van der Waals surface area contributed by atoms with Gasteiger partial charge in [0.25, 0.3) is 0 Å². The molecule has 1 aliphatic heterocycles. The average molecular weight is 316 g/mol. The maximum Gasteiger partial charge on any atom is 0.236 e. The molecule has 1 saturated heterocycles. The van der Waals surface area contributed by atoms with Crippen LogP contribution in [0.4, 0.5) is 4.39 Å². The zero-order chi connectivity index (χ0) is 14.5. The van der Waals surface area contributed by atoms with Gasteiger partial charge in [-0.2, -0.15) is 5.10 Å². The van der Waals surface area contributed by atoms with E-state index in [0.717, 1.165) is 0 Å². The van der Waals surface area contributed by atoms with Crippen LogP contribution in [-0.4, -0.2) is 29.6 Å². The second-order valence-electron chi connectivity index (χ2n) is 3.73. The molecule has 1 aromatic rings. The third-order valence-corrected chi connectivity index (χ3v) is 3.40. The number of nitrogens with zero attached hydrogens (tertiary/aromatic N) is 2. The number of amides is 1. The predicted octanol–water partition coefficient (Wildman–Crippen LogP) is 2.43.